The Kier molecular flexibility index (Phi) is 3.56. The van der Waals surface area contributed by atoms with Gasteiger partial charge in [0.2, 0.25) is 0 Å². The minimum Gasteiger partial charge on any atom is -0.299 e. The maximum absolute atomic E-state index is 9.93. The van der Waals surface area contributed by atoms with E-state index in [1.165, 1.54) is 24.0 Å². The SMILES string of the molecule is CC(C)CNC1(C#N)C2CCC1Cc1ccccc1C2. The predicted molar refractivity (Wildman–Crippen MR) is 81.2 cm³/mol. The Balaban J connectivity index is 1.93. The fourth-order valence-corrected chi connectivity index (χ4v) is 4.09. The van der Waals surface area contributed by atoms with Crippen LogP contribution < -0.4 is 5.32 Å². The summed E-state index contributed by atoms with van der Waals surface area (Å²) in [4.78, 5) is 0. The van der Waals surface area contributed by atoms with E-state index in [0.29, 0.717) is 17.8 Å². The van der Waals surface area contributed by atoms with Crippen LogP contribution in [0.5, 0.6) is 0 Å². The van der Waals surface area contributed by atoms with Crippen molar-refractivity contribution in [3.05, 3.63) is 35.4 Å². The molecule has 0 aliphatic heterocycles. The van der Waals surface area contributed by atoms with E-state index in [2.05, 4.69) is 49.5 Å². The third kappa shape index (κ3) is 2.15. The zero-order valence-electron chi connectivity index (χ0n) is 12.5. The molecule has 1 aromatic carbocycles. The molecule has 0 amide bonds. The number of benzene rings is 1. The molecule has 1 N–H and O–H groups in total. The highest BCUT2D eigenvalue weighted by Crippen LogP contribution is 2.46. The summed E-state index contributed by atoms with van der Waals surface area (Å²) >= 11 is 0. The van der Waals surface area contributed by atoms with Crippen LogP contribution in [0.2, 0.25) is 0 Å². The van der Waals surface area contributed by atoms with Crippen LogP contribution in [0.15, 0.2) is 24.3 Å². The molecule has 2 unspecified atom stereocenters. The third-order valence-corrected chi connectivity index (χ3v) is 5.19. The third-order valence-electron chi connectivity index (χ3n) is 5.19. The molecule has 2 bridgehead atoms. The smallest absolute Gasteiger partial charge is 0.113 e. The summed E-state index contributed by atoms with van der Waals surface area (Å²) in [6, 6.07) is 11.5. The number of rotatable bonds is 3. The summed E-state index contributed by atoms with van der Waals surface area (Å²) in [5.74, 6) is 1.53. The van der Waals surface area contributed by atoms with Crippen LogP contribution in [0.1, 0.15) is 37.8 Å². The number of hydrogen-bond acceptors (Lipinski definition) is 2. The molecule has 0 heterocycles. The van der Waals surface area contributed by atoms with Crippen LogP contribution in [-0.4, -0.2) is 12.1 Å². The first kappa shape index (κ1) is 13.6. The monoisotopic (exact) mass is 268 g/mol. The van der Waals surface area contributed by atoms with Gasteiger partial charge in [-0.05, 0) is 61.1 Å². The van der Waals surface area contributed by atoms with Gasteiger partial charge in [0.1, 0.15) is 5.54 Å². The van der Waals surface area contributed by atoms with E-state index in [1.54, 1.807) is 0 Å². The van der Waals surface area contributed by atoms with Crippen molar-refractivity contribution >= 4 is 0 Å². The van der Waals surface area contributed by atoms with E-state index in [1.807, 2.05) is 0 Å². The first-order chi connectivity index (χ1) is 9.65. The Hall–Kier alpha value is -1.33. The summed E-state index contributed by atoms with van der Waals surface area (Å²) in [6.45, 7) is 5.37. The fourth-order valence-electron chi connectivity index (χ4n) is 4.09. The molecule has 2 aliphatic rings. The molecule has 0 radical (unpaired) electrons. The molecule has 20 heavy (non-hydrogen) atoms. The quantitative estimate of drug-likeness (QED) is 0.913. The Labute approximate surface area is 122 Å². The second kappa shape index (κ2) is 5.22. The highest BCUT2D eigenvalue weighted by molar-refractivity contribution is 5.34. The Morgan fingerprint density at radius 2 is 1.75 bits per heavy atom. The van der Waals surface area contributed by atoms with Gasteiger partial charge in [-0.25, -0.2) is 0 Å². The first-order valence-corrected chi connectivity index (χ1v) is 7.88. The van der Waals surface area contributed by atoms with Crippen LogP contribution in [0.25, 0.3) is 0 Å². The lowest BCUT2D eigenvalue weighted by atomic mass is 9.80. The van der Waals surface area contributed by atoms with Gasteiger partial charge in [-0.3, -0.25) is 5.32 Å². The van der Waals surface area contributed by atoms with Crippen molar-refractivity contribution in [2.45, 2.75) is 45.1 Å². The van der Waals surface area contributed by atoms with Gasteiger partial charge in [0.15, 0.2) is 0 Å². The number of nitrogens with one attached hydrogen (secondary N) is 1. The summed E-state index contributed by atoms with van der Waals surface area (Å²) in [6.07, 6.45) is 4.51. The summed E-state index contributed by atoms with van der Waals surface area (Å²) in [5.41, 5.74) is 2.62. The van der Waals surface area contributed by atoms with Crippen molar-refractivity contribution in [2.75, 3.05) is 6.54 Å². The van der Waals surface area contributed by atoms with Crippen molar-refractivity contribution in [1.82, 2.24) is 5.32 Å². The normalized spacial score (nSPS) is 31.7. The lowest BCUT2D eigenvalue weighted by Crippen LogP contribution is -2.53. The average molecular weight is 268 g/mol. The van der Waals surface area contributed by atoms with Crippen LogP contribution in [0.4, 0.5) is 0 Å². The van der Waals surface area contributed by atoms with Gasteiger partial charge < -0.3 is 0 Å². The number of nitriles is 1. The minimum absolute atomic E-state index is 0.302. The van der Waals surface area contributed by atoms with Gasteiger partial charge in [-0.1, -0.05) is 38.1 Å². The molecule has 2 heteroatoms. The zero-order valence-corrected chi connectivity index (χ0v) is 12.5. The Morgan fingerprint density at radius 1 is 1.20 bits per heavy atom. The molecule has 106 valence electrons. The summed E-state index contributed by atoms with van der Waals surface area (Å²) in [7, 11) is 0. The molecule has 3 rings (SSSR count). The Morgan fingerprint density at radius 3 is 2.20 bits per heavy atom. The summed E-state index contributed by atoms with van der Waals surface area (Å²) < 4.78 is 0. The lowest BCUT2D eigenvalue weighted by molar-refractivity contribution is 0.247. The van der Waals surface area contributed by atoms with Gasteiger partial charge in [0, 0.05) is 0 Å². The van der Waals surface area contributed by atoms with Crippen molar-refractivity contribution in [2.24, 2.45) is 17.8 Å². The molecular formula is C18H24N2. The van der Waals surface area contributed by atoms with E-state index in [0.717, 1.165) is 19.4 Å². The topological polar surface area (TPSA) is 35.8 Å². The number of hydrogen-bond donors (Lipinski definition) is 1. The summed E-state index contributed by atoms with van der Waals surface area (Å²) in [5, 5.41) is 13.6. The molecule has 0 saturated heterocycles. The standard InChI is InChI=1S/C18H24N2/c1-13(2)11-20-18(12-19)16-7-8-17(18)10-15-6-4-3-5-14(15)9-16/h3-6,13,16-17,20H,7-11H2,1-2H3. The molecule has 1 fully saturated rings. The van der Waals surface area contributed by atoms with Crippen LogP contribution in [0, 0.1) is 29.1 Å². The van der Waals surface area contributed by atoms with E-state index in [-0.39, 0.29) is 5.54 Å². The molecular weight excluding hydrogens is 244 g/mol. The predicted octanol–water partition coefficient (Wildman–Crippen LogP) is 3.32. The van der Waals surface area contributed by atoms with Crippen LogP contribution >= 0.6 is 0 Å². The highest BCUT2D eigenvalue weighted by Gasteiger charge is 2.51. The second-order valence-electron chi connectivity index (χ2n) is 6.90. The highest BCUT2D eigenvalue weighted by atomic mass is 15.0. The van der Waals surface area contributed by atoms with Gasteiger partial charge in [0.25, 0.3) is 0 Å². The van der Waals surface area contributed by atoms with Gasteiger partial charge in [0.05, 0.1) is 6.07 Å². The van der Waals surface area contributed by atoms with Crippen molar-refractivity contribution in [3.63, 3.8) is 0 Å². The molecule has 1 aromatic rings. The molecule has 2 atom stereocenters. The molecule has 0 aromatic heterocycles. The van der Waals surface area contributed by atoms with Gasteiger partial charge in [-0.15, -0.1) is 0 Å². The second-order valence-corrected chi connectivity index (χ2v) is 6.90. The van der Waals surface area contributed by atoms with Gasteiger partial charge >= 0.3 is 0 Å². The molecule has 0 spiro atoms. The van der Waals surface area contributed by atoms with Crippen molar-refractivity contribution < 1.29 is 0 Å². The molecule has 2 nitrogen and oxygen atoms in total. The van der Waals surface area contributed by atoms with Crippen molar-refractivity contribution in [1.29, 1.82) is 5.26 Å². The minimum atomic E-state index is -0.302. The van der Waals surface area contributed by atoms with Crippen LogP contribution in [0.3, 0.4) is 0 Å². The Bertz CT molecular complexity index is 493. The maximum Gasteiger partial charge on any atom is 0.113 e. The average Bonchev–Trinajstić information content (AvgIpc) is 2.68. The molecule has 2 aliphatic carbocycles. The van der Waals surface area contributed by atoms with E-state index < -0.39 is 0 Å². The largest absolute Gasteiger partial charge is 0.299 e. The molecule has 1 saturated carbocycles. The number of fused-ring (bicyclic) bond motifs is 3. The maximum atomic E-state index is 9.93. The lowest BCUT2D eigenvalue weighted by Gasteiger charge is -2.34. The van der Waals surface area contributed by atoms with Crippen LogP contribution in [-0.2, 0) is 12.8 Å². The van der Waals surface area contributed by atoms with E-state index >= 15 is 0 Å². The fraction of sp³-hybridized carbons (Fsp3) is 0.611. The van der Waals surface area contributed by atoms with E-state index in [9.17, 15) is 5.26 Å². The van der Waals surface area contributed by atoms with E-state index in [4.69, 9.17) is 0 Å². The van der Waals surface area contributed by atoms with Crippen molar-refractivity contribution in [3.8, 4) is 6.07 Å². The van der Waals surface area contributed by atoms with Gasteiger partial charge in [-0.2, -0.15) is 5.26 Å². The number of nitrogens with zero attached hydrogens (tertiary/aromatic N) is 1. The first-order valence-electron chi connectivity index (χ1n) is 7.88. The zero-order chi connectivity index (χ0) is 14.2.